The zero-order valence-corrected chi connectivity index (χ0v) is 12.5. The summed E-state index contributed by atoms with van der Waals surface area (Å²) in [6.07, 6.45) is 0. The van der Waals surface area contributed by atoms with Crippen molar-refractivity contribution in [3.63, 3.8) is 0 Å². The van der Waals surface area contributed by atoms with Crippen molar-refractivity contribution in [1.82, 2.24) is 0 Å². The highest BCUT2D eigenvalue weighted by Crippen LogP contribution is 2.15. The van der Waals surface area contributed by atoms with Crippen LogP contribution >= 0.6 is 31.9 Å². The standard InChI is InChI=1S/C14H10Br2N2/c15-11-5-1-9(2-6-11)13(17)14(18)10-3-7-12(16)8-4-10/h1-8,17-18H. The average molecular weight is 366 g/mol. The number of hydrogen-bond acceptors (Lipinski definition) is 2. The molecule has 2 aromatic rings. The van der Waals surface area contributed by atoms with Crippen molar-refractivity contribution in [2.45, 2.75) is 0 Å². The second-order valence-corrected chi connectivity index (χ2v) is 5.60. The Hall–Kier alpha value is -1.26. The first-order chi connectivity index (χ1) is 8.58. The summed E-state index contributed by atoms with van der Waals surface area (Å²) < 4.78 is 1.93. The lowest BCUT2D eigenvalue weighted by molar-refractivity contribution is 1.44. The lowest BCUT2D eigenvalue weighted by atomic mass is 10.0. The van der Waals surface area contributed by atoms with Crippen LogP contribution in [-0.4, -0.2) is 11.4 Å². The van der Waals surface area contributed by atoms with Crippen molar-refractivity contribution in [2.75, 3.05) is 0 Å². The molecule has 0 atom stereocenters. The van der Waals surface area contributed by atoms with Gasteiger partial charge in [-0.25, -0.2) is 0 Å². The maximum absolute atomic E-state index is 8.05. The third kappa shape index (κ3) is 2.94. The number of nitrogens with one attached hydrogen (secondary N) is 2. The predicted octanol–water partition coefficient (Wildman–Crippen LogP) is 4.65. The van der Waals surface area contributed by atoms with Crippen LogP contribution < -0.4 is 0 Å². The van der Waals surface area contributed by atoms with Crippen molar-refractivity contribution in [3.8, 4) is 0 Å². The topological polar surface area (TPSA) is 47.7 Å². The van der Waals surface area contributed by atoms with Gasteiger partial charge in [0.25, 0.3) is 0 Å². The Morgan fingerprint density at radius 1 is 0.611 bits per heavy atom. The Bertz CT molecular complexity index is 531. The van der Waals surface area contributed by atoms with Crippen molar-refractivity contribution >= 4 is 43.3 Å². The zero-order chi connectivity index (χ0) is 13.1. The van der Waals surface area contributed by atoms with Gasteiger partial charge in [-0.3, -0.25) is 10.8 Å². The molecule has 2 rings (SSSR count). The van der Waals surface area contributed by atoms with E-state index in [0.29, 0.717) is 0 Å². The normalized spacial score (nSPS) is 10.1. The first-order valence-electron chi connectivity index (χ1n) is 5.27. The average Bonchev–Trinajstić information content (AvgIpc) is 2.39. The van der Waals surface area contributed by atoms with E-state index in [0.717, 1.165) is 20.1 Å². The molecule has 0 unspecified atom stereocenters. The van der Waals surface area contributed by atoms with Gasteiger partial charge in [0.2, 0.25) is 0 Å². The summed E-state index contributed by atoms with van der Waals surface area (Å²) in [7, 11) is 0. The van der Waals surface area contributed by atoms with Gasteiger partial charge in [-0.2, -0.15) is 0 Å². The van der Waals surface area contributed by atoms with Crippen molar-refractivity contribution in [1.29, 1.82) is 10.8 Å². The minimum absolute atomic E-state index is 0.227. The molecule has 0 aliphatic rings. The molecule has 0 fully saturated rings. The molecule has 0 saturated heterocycles. The van der Waals surface area contributed by atoms with E-state index in [2.05, 4.69) is 31.9 Å². The Morgan fingerprint density at radius 3 is 1.17 bits per heavy atom. The number of hydrogen-bond donors (Lipinski definition) is 2. The molecule has 0 aliphatic carbocycles. The molecular weight excluding hydrogens is 356 g/mol. The monoisotopic (exact) mass is 364 g/mol. The summed E-state index contributed by atoms with van der Waals surface area (Å²) in [6.45, 7) is 0. The summed E-state index contributed by atoms with van der Waals surface area (Å²) >= 11 is 6.71. The highest BCUT2D eigenvalue weighted by atomic mass is 79.9. The van der Waals surface area contributed by atoms with Crippen LogP contribution in [0.15, 0.2) is 57.5 Å². The molecule has 0 heterocycles. The molecule has 2 aromatic carbocycles. The van der Waals surface area contributed by atoms with E-state index in [4.69, 9.17) is 10.8 Å². The smallest absolute Gasteiger partial charge is 0.0867 e. The summed E-state index contributed by atoms with van der Waals surface area (Å²) in [5, 5.41) is 16.1. The van der Waals surface area contributed by atoms with Crippen LogP contribution in [0, 0.1) is 10.8 Å². The minimum Gasteiger partial charge on any atom is -0.298 e. The minimum atomic E-state index is 0.227. The van der Waals surface area contributed by atoms with Gasteiger partial charge in [0.15, 0.2) is 0 Å². The molecule has 2 nitrogen and oxygen atoms in total. The van der Waals surface area contributed by atoms with Crippen LogP contribution in [0.2, 0.25) is 0 Å². The van der Waals surface area contributed by atoms with E-state index in [1.807, 2.05) is 48.5 Å². The van der Waals surface area contributed by atoms with E-state index in [1.165, 1.54) is 0 Å². The molecule has 90 valence electrons. The van der Waals surface area contributed by atoms with Crippen molar-refractivity contribution < 1.29 is 0 Å². The van der Waals surface area contributed by atoms with Gasteiger partial charge < -0.3 is 0 Å². The fraction of sp³-hybridized carbons (Fsp3) is 0. The Kier molecular flexibility index (Phi) is 4.09. The number of halogens is 2. The highest BCUT2D eigenvalue weighted by molar-refractivity contribution is 9.10. The molecule has 0 amide bonds. The van der Waals surface area contributed by atoms with Gasteiger partial charge in [0.05, 0.1) is 11.4 Å². The molecule has 0 saturated carbocycles. The van der Waals surface area contributed by atoms with E-state index in [-0.39, 0.29) is 11.4 Å². The van der Waals surface area contributed by atoms with Gasteiger partial charge in [-0.1, -0.05) is 56.1 Å². The van der Waals surface area contributed by atoms with Crippen LogP contribution in [0.5, 0.6) is 0 Å². The van der Waals surface area contributed by atoms with Crippen LogP contribution in [0.3, 0.4) is 0 Å². The van der Waals surface area contributed by atoms with E-state index in [9.17, 15) is 0 Å². The van der Waals surface area contributed by atoms with Crippen molar-refractivity contribution in [3.05, 3.63) is 68.6 Å². The highest BCUT2D eigenvalue weighted by Gasteiger charge is 2.10. The van der Waals surface area contributed by atoms with Gasteiger partial charge in [-0.05, 0) is 24.3 Å². The second kappa shape index (κ2) is 5.59. The third-order valence-electron chi connectivity index (χ3n) is 2.52. The predicted molar refractivity (Wildman–Crippen MR) is 81.9 cm³/mol. The van der Waals surface area contributed by atoms with Crippen molar-refractivity contribution in [2.24, 2.45) is 0 Å². The third-order valence-corrected chi connectivity index (χ3v) is 3.57. The summed E-state index contributed by atoms with van der Waals surface area (Å²) in [5.41, 5.74) is 1.94. The van der Waals surface area contributed by atoms with Crippen LogP contribution in [0.1, 0.15) is 11.1 Å². The first-order valence-corrected chi connectivity index (χ1v) is 6.86. The number of benzene rings is 2. The molecule has 18 heavy (non-hydrogen) atoms. The molecular formula is C14H10Br2N2. The first kappa shape index (κ1) is 13.2. The lowest BCUT2D eigenvalue weighted by Crippen LogP contribution is -2.14. The lowest BCUT2D eigenvalue weighted by Gasteiger charge is -2.07. The summed E-state index contributed by atoms with van der Waals surface area (Å²) in [4.78, 5) is 0. The van der Waals surface area contributed by atoms with Crippen LogP contribution in [-0.2, 0) is 0 Å². The molecule has 0 spiro atoms. The van der Waals surface area contributed by atoms with E-state index in [1.54, 1.807) is 0 Å². The molecule has 0 radical (unpaired) electrons. The number of rotatable bonds is 3. The zero-order valence-electron chi connectivity index (χ0n) is 9.37. The van der Waals surface area contributed by atoms with Gasteiger partial charge in [-0.15, -0.1) is 0 Å². The summed E-state index contributed by atoms with van der Waals surface area (Å²) in [6, 6.07) is 14.8. The van der Waals surface area contributed by atoms with Gasteiger partial charge in [0, 0.05) is 20.1 Å². The van der Waals surface area contributed by atoms with Crippen LogP contribution in [0.4, 0.5) is 0 Å². The van der Waals surface area contributed by atoms with E-state index < -0.39 is 0 Å². The SMILES string of the molecule is N=C(C(=N)c1ccc(Br)cc1)c1ccc(Br)cc1. The summed E-state index contributed by atoms with van der Waals surface area (Å²) in [5.74, 6) is 0. The molecule has 0 aliphatic heterocycles. The van der Waals surface area contributed by atoms with Gasteiger partial charge >= 0.3 is 0 Å². The molecule has 2 N–H and O–H groups in total. The van der Waals surface area contributed by atoms with Crippen LogP contribution in [0.25, 0.3) is 0 Å². The Balaban J connectivity index is 2.26. The maximum atomic E-state index is 8.05. The largest absolute Gasteiger partial charge is 0.298 e. The molecule has 0 aromatic heterocycles. The quantitative estimate of drug-likeness (QED) is 0.744. The molecule has 0 bridgehead atoms. The second-order valence-electron chi connectivity index (χ2n) is 3.76. The van der Waals surface area contributed by atoms with E-state index >= 15 is 0 Å². The fourth-order valence-electron chi connectivity index (χ4n) is 1.52. The maximum Gasteiger partial charge on any atom is 0.0867 e. The van der Waals surface area contributed by atoms with Gasteiger partial charge in [0.1, 0.15) is 0 Å². The fourth-order valence-corrected chi connectivity index (χ4v) is 2.05. The molecule has 4 heteroatoms. The Morgan fingerprint density at radius 2 is 0.889 bits per heavy atom. The Labute approximate surface area is 122 Å².